The number of nitrogens with one attached hydrogen (secondary N) is 1. The fraction of sp³-hybridized carbons (Fsp3) is 0.368. The monoisotopic (exact) mass is 430 g/mol. The molecule has 0 bridgehead atoms. The zero-order valence-electron chi connectivity index (χ0n) is 16.2. The molecule has 1 amide bonds. The summed E-state index contributed by atoms with van der Waals surface area (Å²) in [5.41, 5.74) is 7.27. The fourth-order valence-electron chi connectivity index (χ4n) is 3.70. The molecule has 0 aliphatic carbocycles. The minimum absolute atomic E-state index is 0.00840. The van der Waals surface area contributed by atoms with Crippen molar-refractivity contribution in [2.45, 2.75) is 31.7 Å². The van der Waals surface area contributed by atoms with Gasteiger partial charge in [-0.2, -0.15) is 8.42 Å². The molecule has 10 nitrogen and oxygen atoms in total. The molecule has 158 valence electrons. The van der Waals surface area contributed by atoms with Gasteiger partial charge in [-0.05, 0) is 37.5 Å². The molecule has 1 aromatic heterocycles. The second-order valence-electron chi connectivity index (χ2n) is 7.16. The first-order valence-corrected chi connectivity index (χ1v) is 11.1. The number of likely N-dealkylation sites (tertiary alicyclic amines) is 1. The maximum atomic E-state index is 12.8. The zero-order valence-corrected chi connectivity index (χ0v) is 17.0. The minimum Gasteiger partial charge on any atom is -0.491 e. The van der Waals surface area contributed by atoms with E-state index >= 15 is 0 Å². The van der Waals surface area contributed by atoms with E-state index in [2.05, 4.69) is 19.1 Å². The van der Waals surface area contributed by atoms with Gasteiger partial charge in [0.2, 0.25) is 5.91 Å². The van der Waals surface area contributed by atoms with Crippen molar-refractivity contribution in [1.82, 2.24) is 14.9 Å². The number of ether oxygens (including phenoxy) is 1. The van der Waals surface area contributed by atoms with Gasteiger partial charge >= 0.3 is 10.2 Å². The van der Waals surface area contributed by atoms with Crippen LogP contribution in [-0.2, 0) is 21.4 Å². The van der Waals surface area contributed by atoms with Crippen LogP contribution < -0.4 is 15.2 Å². The normalized spacial score (nSPS) is 19.9. The quantitative estimate of drug-likeness (QED) is 0.717. The van der Waals surface area contributed by atoms with Crippen LogP contribution in [-0.4, -0.2) is 54.2 Å². The summed E-state index contributed by atoms with van der Waals surface area (Å²) in [5.74, 6) is 0.288. The first-order chi connectivity index (χ1) is 14.4. The van der Waals surface area contributed by atoms with E-state index in [1.54, 1.807) is 30.5 Å². The van der Waals surface area contributed by atoms with Crippen molar-refractivity contribution in [2.24, 2.45) is 10.1 Å². The number of hydrogen-bond donors (Lipinski definition) is 2. The van der Waals surface area contributed by atoms with Crippen LogP contribution in [0.3, 0.4) is 0 Å². The predicted octanol–water partition coefficient (Wildman–Crippen LogP) is 0.855. The van der Waals surface area contributed by atoms with Gasteiger partial charge in [0.1, 0.15) is 18.7 Å². The van der Waals surface area contributed by atoms with Crippen molar-refractivity contribution in [3.8, 4) is 5.75 Å². The molecule has 2 aliphatic rings. The van der Waals surface area contributed by atoms with Crippen LogP contribution in [0.15, 0.2) is 41.2 Å². The Morgan fingerprint density at radius 2 is 2.17 bits per heavy atom. The van der Waals surface area contributed by atoms with Gasteiger partial charge in [-0.1, -0.05) is 6.07 Å². The highest BCUT2D eigenvalue weighted by Gasteiger charge is 2.29. The second kappa shape index (κ2) is 8.27. The Bertz CT molecular complexity index is 1070. The van der Waals surface area contributed by atoms with Gasteiger partial charge in [-0.15, -0.1) is 4.40 Å². The summed E-state index contributed by atoms with van der Waals surface area (Å²) in [7, 11) is -3.85. The lowest BCUT2D eigenvalue weighted by atomic mass is 10.0. The number of carbonyl (C=O) groups is 1. The van der Waals surface area contributed by atoms with Crippen molar-refractivity contribution < 1.29 is 17.9 Å². The lowest BCUT2D eigenvalue weighted by Crippen LogP contribution is -2.47. The standard InChI is InChI=1S/C19H22N6O4S/c20-19-18-15(23-30(27,28)24-19)5-3-6-16(18)29-11-14-4-1-2-9-25(14)17(26)10-13-7-8-21-12-22-13/h3,5-8,12,14,23H,1-2,4,9-11H2,(H2,20,24)/t14-/m1/s1. The van der Waals surface area contributed by atoms with E-state index in [1.807, 2.05) is 4.90 Å². The van der Waals surface area contributed by atoms with Gasteiger partial charge in [0, 0.05) is 12.7 Å². The largest absolute Gasteiger partial charge is 0.491 e. The molecular weight excluding hydrogens is 408 g/mol. The number of fused-ring (bicyclic) bond motifs is 1. The molecule has 0 spiro atoms. The molecule has 0 unspecified atom stereocenters. The van der Waals surface area contributed by atoms with Crippen LogP contribution in [0.1, 0.15) is 30.5 Å². The molecule has 2 aromatic rings. The molecule has 3 N–H and O–H groups in total. The highest BCUT2D eigenvalue weighted by molar-refractivity contribution is 7.91. The van der Waals surface area contributed by atoms with Gasteiger partial charge in [0.05, 0.1) is 29.4 Å². The molecule has 11 heteroatoms. The number of hydrogen-bond acceptors (Lipinski definition) is 7. The second-order valence-corrected chi connectivity index (χ2v) is 8.49. The molecule has 2 aliphatic heterocycles. The lowest BCUT2D eigenvalue weighted by molar-refractivity contribution is -0.135. The van der Waals surface area contributed by atoms with Crippen LogP contribution in [0.4, 0.5) is 5.69 Å². The number of aromatic nitrogens is 2. The Morgan fingerprint density at radius 3 is 2.97 bits per heavy atom. The number of carbonyl (C=O) groups excluding carboxylic acids is 1. The summed E-state index contributed by atoms with van der Waals surface area (Å²) in [4.78, 5) is 22.7. The van der Waals surface area contributed by atoms with Gasteiger partial charge in [-0.3, -0.25) is 9.52 Å². The predicted molar refractivity (Wildman–Crippen MR) is 110 cm³/mol. The summed E-state index contributed by atoms with van der Waals surface area (Å²) < 4.78 is 35.3. The van der Waals surface area contributed by atoms with E-state index in [0.29, 0.717) is 29.2 Å². The molecule has 1 atom stereocenters. The van der Waals surface area contributed by atoms with E-state index in [1.165, 1.54) is 6.33 Å². The average molecular weight is 430 g/mol. The molecular formula is C19H22N6O4S. The lowest BCUT2D eigenvalue weighted by Gasteiger charge is -2.35. The van der Waals surface area contributed by atoms with Gasteiger partial charge in [0.15, 0.2) is 5.84 Å². The van der Waals surface area contributed by atoms with Gasteiger partial charge < -0.3 is 15.4 Å². The molecule has 4 rings (SSSR count). The first-order valence-electron chi connectivity index (χ1n) is 9.62. The number of nitrogens with two attached hydrogens (primary N) is 1. The van der Waals surface area contributed by atoms with Gasteiger partial charge in [-0.25, -0.2) is 9.97 Å². The Balaban J connectivity index is 1.48. The van der Waals surface area contributed by atoms with Gasteiger partial charge in [0.25, 0.3) is 0 Å². The molecule has 0 radical (unpaired) electrons. The average Bonchev–Trinajstić information content (AvgIpc) is 2.72. The number of nitrogens with zero attached hydrogens (tertiary/aromatic N) is 4. The topological polar surface area (TPSA) is 140 Å². The molecule has 0 saturated carbocycles. The Morgan fingerprint density at radius 1 is 1.30 bits per heavy atom. The number of amides is 1. The van der Waals surface area contributed by atoms with Crippen LogP contribution in [0, 0.1) is 0 Å². The Labute approximate surface area is 174 Å². The third-order valence-corrected chi connectivity index (χ3v) is 6.01. The fourth-order valence-corrected chi connectivity index (χ4v) is 4.55. The molecule has 1 fully saturated rings. The van der Waals surface area contributed by atoms with E-state index in [4.69, 9.17) is 10.5 Å². The maximum Gasteiger partial charge on any atom is 0.344 e. The number of amidine groups is 1. The van der Waals surface area contributed by atoms with E-state index in [0.717, 1.165) is 19.3 Å². The number of anilines is 1. The SMILES string of the molecule is NC1=NS(=O)(=O)Nc2cccc(OC[C@H]3CCCCN3C(=O)Cc3ccncn3)c21. The third-order valence-electron chi connectivity index (χ3n) is 5.09. The molecule has 30 heavy (non-hydrogen) atoms. The zero-order chi connectivity index (χ0) is 21.1. The van der Waals surface area contributed by atoms with Crippen LogP contribution in [0.25, 0.3) is 0 Å². The smallest absolute Gasteiger partial charge is 0.344 e. The van der Waals surface area contributed by atoms with E-state index < -0.39 is 10.2 Å². The number of benzene rings is 1. The van der Waals surface area contributed by atoms with Crippen LogP contribution in [0.5, 0.6) is 5.75 Å². The van der Waals surface area contributed by atoms with Crippen molar-refractivity contribution in [3.05, 3.63) is 48.0 Å². The minimum atomic E-state index is -3.85. The summed E-state index contributed by atoms with van der Waals surface area (Å²) in [5, 5.41) is 0. The van der Waals surface area contributed by atoms with E-state index in [-0.39, 0.29) is 30.8 Å². The summed E-state index contributed by atoms with van der Waals surface area (Å²) in [6.45, 7) is 0.931. The Hall–Kier alpha value is -3.21. The Kier molecular flexibility index (Phi) is 5.53. The van der Waals surface area contributed by atoms with Crippen molar-refractivity contribution in [1.29, 1.82) is 0 Å². The number of rotatable bonds is 5. The molecule has 1 aromatic carbocycles. The third kappa shape index (κ3) is 4.35. The van der Waals surface area contributed by atoms with Crippen molar-refractivity contribution in [2.75, 3.05) is 17.9 Å². The first kappa shape index (κ1) is 20.1. The summed E-state index contributed by atoms with van der Waals surface area (Å²) in [6, 6.07) is 6.61. The van der Waals surface area contributed by atoms with E-state index in [9.17, 15) is 13.2 Å². The van der Waals surface area contributed by atoms with Crippen molar-refractivity contribution >= 4 is 27.6 Å². The van der Waals surface area contributed by atoms with Crippen LogP contribution >= 0.6 is 0 Å². The molecule has 3 heterocycles. The maximum absolute atomic E-state index is 12.8. The molecule has 1 saturated heterocycles. The highest BCUT2D eigenvalue weighted by atomic mass is 32.2. The summed E-state index contributed by atoms with van der Waals surface area (Å²) >= 11 is 0. The van der Waals surface area contributed by atoms with Crippen LogP contribution in [0.2, 0.25) is 0 Å². The number of piperidine rings is 1. The summed E-state index contributed by atoms with van der Waals surface area (Å²) in [6.07, 6.45) is 6.01. The van der Waals surface area contributed by atoms with Crippen molar-refractivity contribution in [3.63, 3.8) is 0 Å². The highest BCUT2D eigenvalue weighted by Crippen LogP contribution is 2.31.